The van der Waals surface area contributed by atoms with Crippen LogP contribution in [0.15, 0.2) is 34.5 Å². The zero-order chi connectivity index (χ0) is 19.6. The maximum Gasteiger partial charge on any atom is 0.250 e. The third kappa shape index (κ3) is 4.54. The van der Waals surface area contributed by atoms with Crippen molar-refractivity contribution in [2.45, 2.75) is 36.4 Å². The molecule has 1 N–H and O–H groups in total. The average Bonchev–Trinajstić information content (AvgIpc) is 3.12. The van der Waals surface area contributed by atoms with Gasteiger partial charge in [-0.3, -0.25) is 0 Å². The lowest BCUT2D eigenvalue weighted by atomic mass is 9.96. The zero-order valence-electron chi connectivity index (χ0n) is 16.5. The fourth-order valence-electron chi connectivity index (χ4n) is 3.56. The maximum absolute atomic E-state index is 12.7. The highest BCUT2D eigenvalue weighted by Crippen LogP contribution is 2.30. The van der Waals surface area contributed by atoms with Gasteiger partial charge in [-0.25, -0.2) is 13.1 Å². The van der Waals surface area contributed by atoms with Crippen molar-refractivity contribution in [2.75, 3.05) is 39.1 Å². The number of hydrogen-bond acceptors (Lipinski definition) is 5. The number of rotatable bonds is 7. The third-order valence-corrected chi connectivity index (χ3v) is 8.32. The highest BCUT2D eigenvalue weighted by atomic mass is 32.2. The Bertz CT molecular complexity index is 890. The molecule has 2 heterocycles. The minimum absolute atomic E-state index is 0.0112. The molecular formula is C20H29N3O2S2. The molecule has 1 aliphatic heterocycles. The van der Waals surface area contributed by atoms with E-state index >= 15 is 0 Å². The lowest BCUT2D eigenvalue weighted by Crippen LogP contribution is -2.34. The van der Waals surface area contributed by atoms with Crippen LogP contribution in [0.3, 0.4) is 0 Å². The van der Waals surface area contributed by atoms with Crippen LogP contribution in [0.5, 0.6) is 0 Å². The van der Waals surface area contributed by atoms with E-state index in [2.05, 4.69) is 39.8 Å². The molecule has 0 bridgehead atoms. The van der Waals surface area contributed by atoms with Crippen molar-refractivity contribution in [3.05, 3.63) is 46.3 Å². The van der Waals surface area contributed by atoms with Crippen LogP contribution in [0.25, 0.3) is 0 Å². The summed E-state index contributed by atoms with van der Waals surface area (Å²) in [4.78, 5) is 5.44. The maximum atomic E-state index is 12.7. The largest absolute Gasteiger partial charge is 0.374 e. The zero-order valence-corrected chi connectivity index (χ0v) is 18.2. The van der Waals surface area contributed by atoms with Crippen molar-refractivity contribution in [3.63, 3.8) is 0 Å². The summed E-state index contributed by atoms with van der Waals surface area (Å²) >= 11 is 1.34. The standard InChI is InChI=1S/C20H29N3O2S2/c1-5-17-9-11-20(26-17)27(24,25)21-14-19(22(2)3)16-8-10-18-15(13-16)7-6-12-23(18)4/h8-11,13,19,21H,5-7,12,14H2,1-4H3/t19-/m1/s1. The summed E-state index contributed by atoms with van der Waals surface area (Å²) < 4.78 is 28.5. The van der Waals surface area contributed by atoms with Gasteiger partial charge >= 0.3 is 0 Å². The number of nitrogens with zero attached hydrogens (tertiary/aromatic N) is 2. The molecule has 7 heteroatoms. The molecule has 0 saturated carbocycles. The summed E-state index contributed by atoms with van der Waals surface area (Å²) in [6.07, 6.45) is 3.09. The normalized spacial score (nSPS) is 15.8. The second-order valence-electron chi connectivity index (χ2n) is 7.32. The summed E-state index contributed by atoms with van der Waals surface area (Å²) in [6.45, 7) is 3.47. The van der Waals surface area contributed by atoms with Gasteiger partial charge in [-0.05, 0) is 62.7 Å². The molecule has 1 aromatic heterocycles. The number of likely N-dealkylation sites (N-methyl/N-ethyl adjacent to an activating group) is 1. The first-order chi connectivity index (χ1) is 12.8. The quantitative estimate of drug-likeness (QED) is 0.765. The Balaban J connectivity index is 1.78. The Morgan fingerprint density at radius 3 is 2.70 bits per heavy atom. The Hall–Kier alpha value is -1.41. The van der Waals surface area contributed by atoms with Crippen LogP contribution in [0.2, 0.25) is 0 Å². The monoisotopic (exact) mass is 407 g/mol. The van der Waals surface area contributed by atoms with Crippen molar-refractivity contribution in [1.29, 1.82) is 0 Å². The van der Waals surface area contributed by atoms with E-state index in [0.717, 1.165) is 36.2 Å². The first-order valence-corrected chi connectivity index (χ1v) is 11.7. The molecule has 3 rings (SSSR count). The summed E-state index contributed by atoms with van der Waals surface area (Å²) in [5.41, 5.74) is 3.78. The molecule has 2 aromatic rings. The van der Waals surface area contributed by atoms with Gasteiger partial charge in [0, 0.05) is 36.7 Å². The molecule has 5 nitrogen and oxygen atoms in total. The fourth-order valence-corrected chi connectivity index (χ4v) is 5.94. The molecule has 1 aliphatic rings. The van der Waals surface area contributed by atoms with Crippen LogP contribution in [-0.4, -0.2) is 47.6 Å². The highest BCUT2D eigenvalue weighted by molar-refractivity contribution is 7.91. The van der Waals surface area contributed by atoms with Gasteiger partial charge in [-0.1, -0.05) is 19.1 Å². The van der Waals surface area contributed by atoms with E-state index in [1.165, 1.54) is 22.6 Å². The molecular weight excluding hydrogens is 378 g/mol. The van der Waals surface area contributed by atoms with Gasteiger partial charge in [-0.15, -0.1) is 11.3 Å². The number of thiophene rings is 1. The molecule has 0 unspecified atom stereocenters. The summed E-state index contributed by atoms with van der Waals surface area (Å²) in [7, 11) is 2.63. The SMILES string of the molecule is CCc1ccc(S(=O)(=O)NC[C@H](c2ccc3c(c2)CCCN3C)N(C)C)s1. The van der Waals surface area contributed by atoms with Crippen molar-refractivity contribution < 1.29 is 8.42 Å². The molecule has 0 spiro atoms. The number of sulfonamides is 1. The molecule has 27 heavy (non-hydrogen) atoms. The molecule has 0 amide bonds. The van der Waals surface area contributed by atoms with Crippen LogP contribution in [0.1, 0.15) is 35.4 Å². The second kappa shape index (κ2) is 8.31. The highest BCUT2D eigenvalue weighted by Gasteiger charge is 2.23. The van der Waals surface area contributed by atoms with Gasteiger partial charge in [-0.2, -0.15) is 0 Å². The van der Waals surface area contributed by atoms with Crippen molar-refractivity contribution >= 4 is 27.0 Å². The van der Waals surface area contributed by atoms with E-state index in [1.807, 2.05) is 27.1 Å². The fraction of sp³-hybridized carbons (Fsp3) is 0.500. The second-order valence-corrected chi connectivity index (χ2v) is 10.5. The number of fused-ring (bicyclic) bond motifs is 1. The molecule has 1 aromatic carbocycles. The Morgan fingerprint density at radius 1 is 1.26 bits per heavy atom. The van der Waals surface area contributed by atoms with E-state index in [-0.39, 0.29) is 6.04 Å². The van der Waals surface area contributed by atoms with Gasteiger partial charge in [0.05, 0.1) is 0 Å². The Kier molecular flexibility index (Phi) is 6.25. The van der Waals surface area contributed by atoms with Gasteiger partial charge in [0.2, 0.25) is 10.0 Å². The lowest BCUT2D eigenvalue weighted by molar-refractivity contribution is 0.299. The molecule has 0 radical (unpaired) electrons. The van der Waals surface area contributed by atoms with Crippen LogP contribution in [0, 0.1) is 0 Å². The predicted molar refractivity (Wildman–Crippen MR) is 113 cm³/mol. The first-order valence-electron chi connectivity index (χ1n) is 9.40. The lowest BCUT2D eigenvalue weighted by Gasteiger charge is -2.30. The van der Waals surface area contributed by atoms with Gasteiger partial charge in [0.15, 0.2) is 0 Å². The first kappa shape index (κ1) is 20.3. The van der Waals surface area contributed by atoms with E-state index < -0.39 is 10.0 Å². The van der Waals surface area contributed by atoms with Gasteiger partial charge in [0.1, 0.15) is 4.21 Å². The van der Waals surface area contributed by atoms with Crippen LogP contribution >= 0.6 is 11.3 Å². The molecule has 1 atom stereocenters. The number of benzene rings is 1. The van der Waals surface area contributed by atoms with Gasteiger partial charge < -0.3 is 9.80 Å². The third-order valence-electron chi connectivity index (χ3n) is 5.18. The van der Waals surface area contributed by atoms with Crippen molar-refractivity contribution in [2.24, 2.45) is 0 Å². The molecule has 0 aliphatic carbocycles. The van der Waals surface area contributed by atoms with Crippen LogP contribution in [-0.2, 0) is 22.9 Å². The summed E-state index contributed by atoms with van der Waals surface area (Å²) in [5, 5.41) is 0. The van der Waals surface area contributed by atoms with E-state index in [9.17, 15) is 8.42 Å². The topological polar surface area (TPSA) is 52.7 Å². The minimum atomic E-state index is -3.48. The molecule has 0 saturated heterocycles. The predicted octanol–water partition coefficient (Wildman–Crippen LogP) is 3.27. The van der Waals surface area contributed by atoms with Gasteiger partial charge in [0.25, 0.3) is 0 Å². The van der Waals surface area contributed by atoms with Crippen LogP contribution < -0.4 is 9.62 Å². The molecule has 148 valence electrons. The number of hydrogen-bond donors (Lipinski definition) is 1. The summed E-state index contributed by atoms with van der Waals surface area (Å²) in [5.74, 6) is 0. The number of anilines is 1. The Morgan fingerprint density at radius 2 is 2.04 bits per heavy atom. The van der Waals surface area contributed by atoms with Crippen molar-refractivity contribution in [3.8, 4) is 0 Å². The number of aryl methyl sites for hydroxylation is 2. The Labute approximate surface area is 167 Å². The molecule has 0 fully saturated rings. The van der Waals surface area contributed by atoms with E-state index in [4.69, 9.17) is 0 Å². The summed E-state index contributed by atoms with van der Waals surface area (Å²) in [6, 6.07) is 10.1. The van der Waals surface area contributed by atoms with E-state index in [1.54, 1.807) is 6.07 Å². The minimum Gasteiger partial charge on any atom is -0.374 e. The van der Waals surface area contributed by atoms with E-state index in [0.29, 0.717) is 10.8 Å². The van der Waals surface area contributed by atoms with Crippen molar-refractivity contribution in [1.82, 2.24) is 9.62 Å². The average molecular weight is 408 g/mol. The number of nitrogens with one attached hydrogen (secondary N) is 1. The van der Waals surface area contributed by atoms with Crippen LogP contribution in [0.4, 0.5) is 5.69 Å². The smallest absolute Gasteiger partial charge is 0.250 e.